The zero-order valence-corrected chi connectivity index (χ0v) is 16.6. The summed E-state index contributed by atoms with van der Waals surface area (Å²) in [5.41, 5.74) is 0.886. The van der Waals surface area contributed by atoms with Gasteiger partial charge in [0.05, 0.1) is 12.2 Å². The smallest absolute Gasteiger partial charge is 0.336 e. The second-order valence-electron chi connectivity index (χ2n) is 7.78. The molecule has 1 aliphatic rings. The predicted molar refractivity (Wildman–Crippen MR) is 103 cm³/mol. The van der Waals surface area contributed by atoms with Crippen molar-refractivity contribution in [2.45, 2.75) is 57.8 Å². The topological polar surface area (TPSA) is 93.8 Å². The number of benzene rings is 1. The van der Waals surface area contributed by atoms with E-state index in [-0.39, 0.29) is 19.0 Å². The molecule has 2 aromatic rings. The van der Waals surface area contributed by atoms with Crippen molar-refractivity contribution in [1.29, 1.82) is 0 Å². The highest BCUT2D eigenvalue weighted by Gasteiger charge is 2.29. The van der Waals surface area contributed by atoms with Crippen LogP contribution in [-0.2, 0) is 21.7 Å². The highest BCUT2D eigenvalue weighted by Crippen LogP contribution is 2.30. The van der Waals surface area contributed by atoms with Crippen LogP contribution >= 0.6 is 0 Å². The van der Waals surface area contributed by atoms with Crippen molar-refractivity contribution in [3.63, 3.8) is 0 Å². The van der Waals surface area contributed by atoms with Gasteiger partial charge < -0.3 is 24.4 Å². The summed E-state index contributed by atoms with van der Waals surface area (Å²) >= 11 is 0. The summed E-state index contributed by atoms with van der Waals surface area (Å²) in [5, 5.41) is 16.9. The monoisotopic (exact) mass is 388 g/mol. The number of hydrogen-bond donors (Lipinski definition) is 2. The average molecular weight is 388 g/mol. The lowest BCUT2D eigenvalue weighted by molar-refractivity contribution is -0.138. The van der Waals surface area contributed by atoms with E-state index >= 15 is 0 Å². The van der Waals surface area contributed by atoms with Gasteiger partial charge in [0.25, 0.3) is 0 Å². The maximum Gasteiger partial charge on any atom is 0.336 e. The van der Waals surface area contributed by atoms with Crippen LogP contribution in [0.1, 0.15) is 66.9 Å². The van der Waals surface area contributed by atoms with Gasteiger partial charge in [-0.05, 0) is 45.2 Å². The first-order valence-electron chi connectivity index (χ1n) is 9.60. The zero-order chi connectivity index (χ0) is 20.1. The lowest BCUT2D eigenvalue weighted by atomic mass is 9.92. The van der Waals surface area contributed by atoms with Gasteiger partial charge in [-0.15, -0.1) is 0 Å². The number of hydrogen-bond acceptors (Lipinski definition) is 6. The van der Waals surface area contributed by atoms with Crippen LogP contribution < -0.4 is 5.32 Å². The van der Waals surface area contributed by atoms with E-state index in [2.05, 4.69) is 17.4 Å². The summed E-state index contributed by atoms with van der Waals surface area (Å²) < 4.78 is 17.0. The third kappa shape index (κ3) is 4.98. The maximum atomic E-state index is 11.2. The molecule has 0 bridgehead atoms. The molecule has 1 aromatic carbocycles. The Hall–Kier alpha value is -2.22. The van der Waals surface area contributed by atoms with Crippen LogP contribution in [0.2, 0.25) is 0 Å². The van der Waals surface area contributed by atoms with E-state index < -0.39 is 11.6 Å². The van der Waals surface area contributed by atoms with Gasteiger partial charge in [0.15, 0.2) is 0 Å². The SMILES string of the molecule is C[C@@H]1CC[C@@H](c2cc(C(C)(C)OCOCc3ccccc3C(=O)O)no2)CN1. The lowest BCUT2D eigenvalue weighted by Gasteiger charge is -2.25. The van der Waals surface area contributed by atoms with Crippen molar-refractivity contribution < 1.29 is 23.9 Å². The van der Waals surface area contributed by atoms with Crippen molar-refractivity contribution in [3.05, 3.63) is 52.9 Å². The first-order valence-corrected chi connectivity index (χ1v) is 9.60. The largest absolute Gasteiger partial charge is 0.478 e. The molecular formula is C21H28N2O5. The molecule has 0 unspecified atom stereocenters. The number of carbonyl (C=O) groups is 1. The van der Waals surface area contributed by atoms with Gasteiger partial charge in [0.1, 0.15) is 23.8 Å². The van der Waals surface area contributed by atoms with Crippen LogP contribution in [-0.4, -0.2) is 35.6 Å². The third-order valence-electron chi connectivity index (χ3n) is 5.22. The first kappa shape index (κ1) is 20.5. The minimum Gasteiger partial charge on any atom is -0.478 e. The zero-order valence-electron chi connectivity index (χ0n) is 16.6. The minimum absolute atomic E-state index is 0.0195. The van der Waals surface area contributed by atoms with Crippen molar-refractivity contribution >= 4 is 5.97 Å². The highest BCUT2D eigenvalue weighted by atomic mass is 16.7. The van der Waals surface area contributed by atoms with Gasteiger partial charge in [-0.25, -0.2) is 4.79 Å². The number of aromatic nitrogens is 1. The molecule has 2 heterocycles. The van der Waals surface area contributed by atoms with Crippen LogP contribution in [0.3, 0.4) is 0 Å². The van der Waals surface area contributed by atoms with Crippen molar-refractivity contribution in [2.75, 3.05) is 13.3 Å². The summed E-state index contributed by atoms with van der Waals surface area (Å²) in [7, 11) is 0. The molecule has 1 fully saturated rings. The van der Waals surface area contributed by atoms with Crippen molar-refractivity contribution in [3.8, 4) is 0 Å². The standard InChI is InChI=1S/C21H28N2O5/c1-14-8-9-15(11-22-14)18-10-19(23-28-18)21(2,3)27-13-26-12-16-6-4-5-7-17(16)20(24)25/h4-7,10,14-15,22H,8-9,11-13H2,1-3H3,(H,24,25)/t14-,15-/m1/s1. The normalized spacial score (nSPS) is 20.2. The maximum absolute atomic E-state index is 11.2. The number of piperidine rings is 1. The molecular weight excluding hydrogens is 360 g/mol. The summed E-state index contributed by atoms with van der Waals surface area (Å²) in [6, 6.07) is 9.27. The van der Waals surface area contributed by atoms with E-state index in [1.54, 1.807) is 24.3 Å². The number of nitrogens with zero attached hydrogens (tertiary/aromatic N) is 1. The van der Waals surface area contributed by atoms with E-state index in [0.717, 1.165) is 30.8 Å². The Morgan fingerprint density at radius 1 is 1.36 bits per heavy atom. The minimum atomic E-state index is -0.970. The summed E-state index contributed by atoms with van der Waals surface area (Å²) in [6.45, 7) is 7.08. The Morgan fingerprint density at radius 3 is 2.86 bits per heavy atom. The molecule has 152 valence electrons. The number of rotatable bonds is 8. The van der Waals surface area contributed by atoms with Gasteiger partial charge in [-0.1, -0.05) is 23.4 Å². The van der Waals surface area contributed by atoms with Crippen LogP contribution in [0.15, 0.2) is 34.9 Å². The van der Waals surface area contributed by atoms with Crippen molar-refractivity contribution in [2.24, 2.45) is 0 Å². The van der Waals surface area contributed by atoms with Gasteiger partial charge in [-0.3, -0.25) is 0 Å². The molecule has 3 rings (SSSR count). The first-order chi connectivity index (χ1) is 13.4. The molecule has 0 saturated carbocycles. The Bertz CT molecular complexity index is 794. The fourth-order valence-corrected chi connectivity index (χ4v) is 3.28. The summed E-state index contributed by atoms with van der Waals surface area (Å²) in [5.74, 6) is 0.238. The van der Waals surface area contributed by atoms with Crippen LogP contribution in [0.5, 0.6) is 0 Å². The molecule has 1 saturated heterocycles. The molecule has 1 aromatic heterocycles. The van der Waals surface area contributed by atoms with E-state index in [4.69, 9.17) is 14.0 Å². The van der Waals surface area contributed by atoms with Crippen LogP contribution in [0, 0.1) is 0 Å². The second-order valence-corrected chi connectivity index (χ2v) is 7.78. The summed E-state index contributed by atoms with van der Waals surface area (Å²) in [4.78, 5) is 11.2. The molecule has 7 nitrogen and oxygen atoms in total. The van der Waals surface area contributed by atoms with Gasteiger partial charge in [-0.2, -0.15) is 0 Å². The average Bonchev–Trinajstić information content (AvgIpc) is 3.17. The fraction of sp³-hybridized carbons (Fsp3) is 0.524. The van der Waals surface area contributed by atoms with Gasteiger partial charge in [0, 0.05) is 24.6 Å². The molecule has 28 heavy (non-hydrogen) atoms. The number of carboxylic acid groups (broad SMARTS) is 1. The Morgan fingerprint density at radius 2 is 2.14 bits per heavy atom. The second kappa shape index (κ2) is 8.86. The van der Waals surface area contributed by atoms with Crippen molar-refractivity contribution in [1.82, 2.24) is 10.5 Å². The van der Waals surface area contributed by atoms with E-state index in [0.29, 0.717) is 17.5 Å². The lowest BCUT2D eigenvalue weighted by Crippen LogP contribution is -2.35. The van der Waals surface area contributed by atoms with Crippen LogP contribution in [0.4, 0.5) is 0 Å². The fourth-order valence-electron chi connectivity index (χ4n) is 3.28. The van der Waals surface area contributed by atoms with E-state index in [9.17, 15) is 9.90 Å². The van der Waals surface area contributed by atoms with E-state index in [1.807, 2.05) is 19.9 Å². The van der Waals surface area contributed by atoms with Crippen LogP contribution in [0.25, 0.3) is 0 Å². The number of aromatic carboxylic acids is 1. The van der Waals surface area contributed by atoms with Gasteiger partial charge >= 0.3 is 5.97 Å². The number of nitrogens with one attached hydrogen (secondary N) is 1. The Balaban J connectivity index is 1.52. The Labute approximate surface area is 165 Å². The molecule has 2 N–H and O–H groups in total. The molecule has 0 radical (unpaired) electrons. The van der Waals surface area contributed by atoms with E-state index in [1.165, 1.54) is 0 Å². The third-order valence-corrected chi connectivity index (χ3v) is 5.22. The highest BCUT2D eigenvalue weighted by molar-refractivity contribution is 5.89. The molecule has 0 amide bonds. The number of ether oxygens (including phenoxy) is 2. The number of carboxylic acids is 1. The van der Waals surface area contributed by atoms with Gasteiger partial charge in [0.2, 0.25) is 0 Å². The predicted octanol–water partition coefficient (Wildman–Crippen LogP) is 3.65. The molecule has 7 heteroatoms. The Kier molecular flexibility index (Phi) is 6.49. The molecule has 0 spiro atoms. The molecule has 2 atom stereocenters. The summed E-state index contributed by atoms with van der Waals surface area (Å²) in [6.07, 6.45) is 2.20. The molecule has 0 aliphatic carbocycles. The molecule has 1 aliphatic heterocycles. The quantitative estimate of drug-likeness (QED) is 0.526.